The van der Waals surface area contributed by atoms with Crippen LogP contribution in [-0.4, -0.2) is 26.2 Å². The summed E-state index contributed by atoms with van der Waals surface area (Å²) in [6, 6.07) is 6.26. The van der Waals surface area contributed by atoms with E-state index in [2.05, 4.69) is 10.3 Å². The molecular weight excluding hydrogens is 298 g/mol. The summed E-state index contributed by atoms with van der Waals surface area (Å²) in [7, 11) is -3.39. The standard InChI is InChI=1S/C14H14F2N2O2S/c1-21(19,20)13-3-2-5-17-14(13)18-6-4-10-7-11(15)9-12(16)8-10/h2-3,5,7-9H,4,6H2,1H3,(H,17,18). The molecule has 4 nitrogen and oxygen atoms in total. The minimum absolute atomic E-state index is 0.0930. The molecule has 0 aliphatic heterocycles. The van der Waals surface area contributed by atoms with Crippen molar-refractivity contribution in [1.29, 1.82) is 0 Å². The molecule has 0 spiro atoms. The van der Waals surface area contributed by atoms with E-state index in [1.807, 2.05) is 0 Å². The number of rotatable bonds is 5. The summed E-state index contributed by atoms with van der Waals surface area (Å²) in [6.45, 7) is 0.308. The number of pyridine rings is 1. The zero-order chi connectivity index (χ0) is 15.5. The van der Waals surface area contributed by atoms with E-state index in [1.165, 1.54) is 30.5 Å². The van der Waals surface area contributed by atoms with E-state index in [0.29, 0.717) is 18.5 Å². The molecule has 0 amide bonds. The van der Waals surface area contributed by atoms with Crippen molar-refractivity contribution in [2.75, 3.05) is 18.1 Å². The first-order valence-electron chi connectivity index (χ1n) is 6.20. The van der Waals surface area contributed by atoms with Gasteiger partial charge in [-0.25, -0.2) is 22.2 Å². The monoisotopic (exact) mass is 312 g/mol. The predicted octanol–water partition coefficient (Wildman–Crippen LogP) is 2.42. The lowest BCUT2D eigenvalue weighted by atomic mass is 10.1. The van der Waals surface area contributed by atoms with Crippen molar-refractivity contribution in [3.63, 3.8) is 0 Å². The molecule has 0 bridgehead atoms. The first kappa shape index (κ1) is 15.4. The number of hydrogen-bond donors (Lipinski definition) is 1. The Balaban J connectivity index is 2.07. The first-order valence-corrected chi connectivity index (χ1v) is 8.09. The van der Waals surface area contributed by atoms with Crippen LogP contribution in [0.15, 0.2) is 41.4 Å². The van der Waals surface area contributed by atoms with E-state index in [1.54, 1.807) is 0 Å². The highest BCUT2D eigenvalue weighted by Crippen LogP contribution is 2.17. The fraction of sp³-hybridized carbons (Fsp3) is 0.214. The van der Waals surface area contributed by atoms with E-state index in [9.17, 15) is 17.2 Å². The van der Waals surface area contributed by atoms with E-state index < -0.39 is 21.5 Å². The van der Waals surface area contributed by atoms with Crippen LogP contribution in [0, 0.1) is 11.6 Å². The maximum atomic E-state index is 13.0. The predicted molar refractivity (Wildman–Crippen MR) is 75.9 cm³/mol. The zero-order valence-electron chi connectivity index (χ0n) is 11.3. The largest absolute Gasteiger partial charge is 0.369 e. The molecule has 0 radical (unpaired) electrons. The highest BCUT2D eigenvalue weighted by Gasteiger charge is 2.13. The molecule has 21 heavy (non-hydrogen) atoms. The third-order valence-electron chi connectivity index (χ3n) is 2.80. The Morgan fingerprint density at radius 3 is 2.48 bits per heavy atom. The van der Waals surface area contributed by atoms with Gasteiger partial charge in [0.2, 0.25) is 0 Å². The second kappa shape index (κ2) is 6.17. The van der Waals surface area contributed by atoms with Gasteiger partial charge in [0.25, 0.3) is 0 Å². The van der Waals surface area contributed by atoms with Crippen LogP contribution >= 0.6 is 0 Å². The average Bonchev–Trinajstić information content (AvgIpc) is 2.37. The molecule has 7 heteroatoms. The Hall–Kier alpha value is -2.02. The quantitative estimate of drug-likeness (QED) is 0.921. The van der Waals surface area contributed by atoms with E-state index in [4.69, 9.17) is 0 Å². The molecule has 1 aromatic heterocycles. The number of nitrogens with one attached hydrogen (secondary N) is 1. The molecule has 0 saturated carbocycles. The van der Waals surface area contributed by atoms with Crippen molar-refractivity contribution >= 4 is 15.7 Å². The Bertz CT molecular complexity index is 728. The normalized spacial score (nSPS) is 11.4. The smallest absolute Gasteiger partial charge is 0.179 e. The van der Waals surface area contributed by atoms with E-state index in [0.717, 1.165) is 12.3 Å². The minimum atomic E-state index is -3.39. The highest BCUT2D eigenvalue weighted by atomic mass is 32.2. The Labute approximate surface area is 121 Å². The van der Waals surface area contributed by atoms with Gasteiger partial charge in [-0.2, -0.15) is 0 Å². The van der Waals surface area contributed by atoms with Crippen LogP contribution in [0.2, 0.25) is 0 Å². The molecule has 2 aromatic rings. The molecule has 0 atom stereocenters. The summed E-state index contributed by atoms with van der Waals surface area (Å²) < 4.78 is 49.3. The van der Waals surface area contributed by atoms with Gasteiger partial charge >= 0.3 is 0 Å². The third-order valence-corrected chi connectivity index (χ3v) is 3.93. The van der Waals surface area contributed by atoms with Gasteiger partial charge in [0.05, 0.1) is 0 Å². The van der Waals surface area contributed by atoms with Gasteiger partial charge in [-0.15, -0.1) is 0 Å². The lowest BCUT2D eigenvalue weighted by Gasteiger charge is -2.09. The number of hydrogen-bond acceptors (Lipinski definition) is 4. The molecule has 0 aliphatic rings. The lowest BCUT2D eigenvalue weighted by molar-refractivity contribution is 0.580. The third kappa shape index (κ3) is 4.22. The second-order valence-electron chi connectivity index (χ2n) is 4.58. The molecule has 1 heterocycles. The molecule has 0 fully saturated rings. The van der Waals surface area contributed by atoms with Crippen LogP contribution in [0.25, 0.3) is 0 Å². The van der Waals surface area contributed by atoms with Crippen LogP contribution in [0.3, 0.4) is 0 Å². The lowest BCUT2D eigenvalue weighted by Crippen LogP contribution is -2.11. The van der Waals surface area contributed by atoms with Crippen LogP contribution < -0.4 is 5.32 Å². The number of halogens is 2. The summed E-state index contributed by atoms with van der Waals surface area (Å²) in [4.78, 5) is 4.07. The fourth-order valence-corrected chi connectivity index (χ4v) is 2.70. The number of benzene rings is 1. The van der Waals surface area contributed by atoms with Gasteiger partial charge in [0.15, 0.2) is 9.84 Å². The van der Waals surface area contributed by atoms with E-state index in [-0.39, 0.29) is 10.7 Å². The summed E-state index contributed by atoms with van der Waals surface area (Å²) in [6.07, 6.45) is 2.91. The SMILES string of the molecule is CS(=O)(=O)c1cccnc1NCCc1cc(F)cc(F)c1. The van der Waals surface area contributed by atoms with Crippen LogP contribution in [0.4, 0.5) is 14.6 Å². The topological polar surface area (TPSA) is 59.1 Å². The molecule has 1 N–H and O–H groups in total. The van der Waals surface area contributed by atoms with Crippen LogP contribution in [0.5, 0.6) is 0 Å². The van der Waals surface area contributed by atoms with Crippen molar-refractivity contribution in [2.45, 2.75) is 11.3 Å². The number of sulfone groups is 1. The van der Waals surface area contributed by atoms with Gasteiger partial charge in [-0.1, -0.05) is 0 Å². The van der Waals surface area contributed by atoms with Crippen molar-refractivity contribution in [3.05, 3.63) is 53.7 Å². The van der Waals surface area contributed by atoms with Crippen molar-refractivity contribution in [1.82, 2.24) is 4.98 Å². The van der Waals surface area contributed by atoms with Gasteiger partial charge < -0.3 is 5.32 Å². The summed E-state index contributed by atoms with van der Waals surface area (Å²) >= 11 is 0. The average molecular weight is 312 g/mol. The fourth-order valence-electron chi connectivity index (χ4n) is 1.90. The summed E-state index contributed by atoms with van der Waals surface area (Å²) in [5.41, 5.74) is 0.483. The molecule has 0 saturated heterocycles. The second-order valence-corrected chi connectivity index (χ2v) is 6.56. The molecule has 0 aliphatic carbocycles. The first-order chi connectivity index (χ1) is 9.86. The zero-order valence-corrected chi connectivity index (χ0v) is 12.1. The number of nitrogens with zero attached hydrogens (tertiary/aromatic N) is 1. The number of aromatic nitrogens is 1. The molecule has 1 aromatic carbocycles. The maximum absolute atomic E-state index is 13.0. The van der Waals surface area contributed by atoms with Crippen LogP contribution in [0.1, 0.15) is 5.56 Å². The van der Waals surface area contributed by atoms with Crippen molar-refractivity contribution in [2.24, 2.45) is 0 Å². The summed E-state index contributed by atoms with van der Waals surface area (Å²) in [5.74, 6) is -1.05. The number of anilines is 1. The van der Waals surface area contributed by atoms with Gasteiger partial charge in [0.1, 0.15) is 22.3 Å². The van der Waals surface area contributed by atoms with Gasteiger partial charge in [-0.05, 0) is 36.2 Å². The van der Waals surface area contributed by atoms with Crippen molar-refractivity contribution < 1.29 is 17.2 Å². The molecule has 0 unspecified atom stereocenters. The van der Waals surface area contributed by atoms with E-state index >= 15 is 0 Å². The van der Waals surface area contributed by atoms with Gasteiger partial charge in [-0.3, -0.25) is 0 Å². The molecular formula is C14H14F2N2O2S. The Morgan fingerprint density at radius 1 is 1.19 bits per heavy atom. The highest BCUT2D eigenvalue weighted by molar-refractivity contribution is 7.90. The molecule has 2 rings (SSSR count). The minimum Gasteiger partial charge on any atom is -0.369 e. The van der Waals surface area contributed by atoms with Crippen molar-refractivity contribution in [3.8, 4) is 0 Å². The van der Waals surface area contributed by atoms with Crippen LogP contribution in [-0.2, 0) is 16.3 Å². The Morgan fingerprint density at radius 2 is 1.86 bits per heavy atom. The summed E-state index contributed by atoms with van der Waals surface area (Å²) in [5, 5.41) is 2.87. The molecule has 112 valence electrons. The van der Waals surface area contributed by atoms with Gasteiger partial charge in [0, 0.05) is 25.1 Å². The maximum Gasteiger partial charge on any atom is 0.179 e. The Kier molecular flexibility index (Phi) is 4.52.